The van der Waals surface area contributed by atoms with Crippen molar-refractivity contribution in [1.82, 2.24) is 0 Å². The molecule has 1 heterocycles. The van der Waals surface area contributed by atoms with Crippen LogP contribution in [0.1, 0.15) is 13.8 Å². The molecule has 124 valence electrons. The molecule has 0 spiro atoms. The molecule has 24 heavy (non-hydrogen) atoms. The van der Waals surface area contributed by atoms with Gasteiger partial charge in [0.2, 0.25) is 11.8 Å². The third-order valence-corrected chi connectivity index (χ3v) is 4.05. The summed E-state index contributed by atoms with van der Waals surface area (Å²) in [7, 11) is 0. The zero-order chi connectivity index (χ0) is 17.3. The monoisotopic (exact) mass is 327 g/mol. The van der Waals surface area contributed by atoms with E-state index in [-0.39, 0.29) is 24.2 Å². The number of fused-ring (bicyclic) bond motifs is 1. The second-order valence-electron chi connectivity index (χ2n) is 6.12. The molecular formula is C18H18FN3O2. The largest absolute Gasteiger partial charge is 0.376 e. The Balaban J connectivity index is 1.84. The first kappa shape index (κ1) is 16.0. The summed E-state index contributed by atoms with van der Waals surface area (Å²) in [6.45, 7) is 3.40. The summed E-state index contributed by atoms with van der Waals surface area (Å²) in [6.07, 6.45) is 0. The van der Waals surface area contributed by atoms with E-state index in [9.17, 15) is 14.0 Å². The number of rotatable bonds is 3. The molecular weight excluding hydrogens is 309 g/mol. The minimum Gasteiger partial charge on any atom is -0.376 e. The number of hydrogen-bond acceptors (Lipinski definition) is 3. The summed E-state index contributed by atoms with van der Waals surface area (Å²) in [4.78, 5) is 26.6. The van der Waals surface area contributed by atoms with E-state index in [2.05, 4.69) is 10.6 Å². The molecule has 0 aliphatic carbocycles. The number of carbonyl (C=O) groups excluding carboxylic acids is 2. The number of amides is 2. The number of benzene rings is 2. The van der Waals surface area contributed by atoms with Gasteiger partial charge in [0.15, 0.2) is 0 Å². The first-order chi connectivity index (χ1) is 11.4. The Labute approximate surface area is 139 Å². The number of hydrogen-bond donors (Lipinski definition) is 2. The van der Waals surface area contributed by atoms with Crippen molar-refractivity contribution >= 4 is 28.9 Å². The fourth-order valence-electron chi connectivity index (χ4n) is 2.72. The van der Waals surface area contributed by atoms with Gasteiger partial charge in [-0.05, 0) is 50.2 Å². The number of para-hydroxylation sites is 2. The Kier molecular flexibility index (Phi) is 3.97. The predicted molar refractivity (Wildman–Crippen MR) is 91.5 cm³/mol. The summed E-state index contributed by atoms with van der Waals surface area (Å²) in [5, 5.41) is 5.78. The SMILES string of the molecule is CC1(C)C(=O)Nc2ccccc2N1C(=O)CNc1ccc(F)cc1. The van der Waals surface area contributed by atoms with E-state index in [4.69, 9.17) is 0 Å². The molecule has 2 N–H and O–H groups in total. The molecule has 0 atom stereocenters. The fourth-order valence-corrected chi connectivity index (χ4v) is 2.72. The molecule has 0 aromatic heterocycles. The van der Waals surface area contributed by atoms with Gasteiger partial charge in [-0.3, -0.25) is 14.5 Å². The minimum absolute atomic E-state index is 0.00330. The Morgan fingerprint density at radius 3 is 2.54 bits per heavy atom. The van der Waals surface area contributed by atoms with Crippen LogP contribution in [0.25, 0.3) is 0 Å². The Bertz CT molecular complexity index is 787. The zero-order valence-electron chi connectivity index (χ0n) is 13.5. The van der Waals surface area contributed by atoms with Crippen LogP contribution in [0, 0.1) is 5.82 Å². The molecule has 2 aromatic carbocycles. The highest BCUT2D eigenvalue weighted by atomic mass is 19.1. The van der Waals surface area contributed by atoms with Gasteiger partial charge in [-0.2, -0.15) is 0 Å². The molecule has 0 fully saturated rings. The standard InChI is InChI=1S/C18H18FN3O2/c1-18(2)17(24)21-14-5-3-4-6-15(14)22(18)16(23)11-20-13-9-7-12(19)8-10-13/h3-10,20H,11H2,1-2H3,(H,21,24). The smallest absolute Gasteiger partial charge is 0.250 e. The van der Waals surface area contributed by atoms with Gasteiger partial charge < -0.3 is 10.6 Å². The van der Waals surface area contributed by atoms with E-state index in [1.165, 1.54) is 17.0 Å². The first-order valence-corrected chi connectivity index (χ1v) is 7.62. The Morgan fingerprint density at radius 2 is 1.83 bits per heavy atom. The van der Waals surface area contributed by atoms with E-state index in [0.717, 1.165) is 0 Å². The van der Waals surface area contributed by atoms with Crippen molar-refractivity contribution in [3.05, 3.63) is 54.3 Å². The van der Waals surface area contributed by atoms with Gasteiger partial charge in [0.1, 0.15) is 11.4 Å². The van der Waals surface area contributed by atoms with Gasteiger partial charge in [-0.15, -0.1) is 0 Å². The molecule has 0 saturated heterocycles. The van der Waals surface area contributed by atoms with Crippen LogP contribution in [0.4, 0.5) is 21.5 Å². The topological polar surface area (TPSA) is 61.4 Å². The number of nitrogens with one attached hydrogen (secondary N) is 2. The molecule has 0 saturated carbocycles. The van der Waals surface area contributed by atoms with Crippen LogP contribution in [-0.4, -0.2) is 23.9 Å². The summed E-state index contributed by atoms with van der Waals surface area (Å²) < 4.78 is 12.9. The molecule has 2 amide bonds. The number of carbonyl (C=O) groups is 2. The molecule has 3 rings (SSSR count). The lowest BCUT2D eigenvalue weighted by Gasteiger charge is -2.42. The second kappa shape index (κ2) is 5.96. The van der Waals surface area contributed by atoms with Crippen molar-refractivity contribution < 1.29 is 14.0 Å². The normalized spacial score (nSPS) is 15.5. The summed E-state index contributed by atoms with van der Waals surface area (Å²) in [5.74, 6) is -0.822. The predicted octanol–water partition coefficient (Wildman–Crippen LogP) is 3.00. The fraction of sp³-hybridized carbons (Fsp3) is 0.222. The van der Waals surface area contributed by atoms with Crippen molar-refractivity contribution in [2.45, 2.75) is 19.4 Å². The molecule has 6 heteroatoms. The third kappa shape index (κ3) is 2.82. The van der Waals surface area contributed by atoms with Crippen molar-refractivity contribution in [2.75, 3.05) is 22.1 Å². The van der Waals surface area contributed by atoms with Crippen molar-refractivity contribution in [3.8, 4) is 0 Å². The lowest BCUT2D eigenvalue weighted by Crippen LogP contribution is -2.59. The lowest BCUT2D eigenvalue weighted by atomic mass is 9.96. The second-order valence-corrected chi connectivity index (χ2v) is 6.12. The van der Waals surface area contributed by atoms with Crippen molar-refractivity contribution in [1.29, 1.82) is 0 Å². The van der Waals surface area contributed by atoms with Crippen molar-refractivity contribution in [3.63, 3.8) is 0 Å². The molecule has 1 aliphatic heterocycles. The highest BCUT2D eigenvalue weighted by Crippen LogP contribution is 2.36. The maximum atomic E-state index is 12.9. The van der Waals surface area contributed by atoms with E-state index in [0.29, 0.717) is 17.1 Å². The quantitative estimate of drug-likeness (QED) is 0.911. The lowest BCUT2D eigenvalue weighted by molar-refractivity contribution is -0.125. The van der Waals surface area contributed by atoms with Gasteiger partial charge in [0.05, 0.1) is 17.9 Å². The number of anilines is 3. The number of nitrogens with zero attached hydrogens (tertiary/aromatic N) is 1. The van der Waals surface area contributed by atoms with E-state index < -0.39 is 5.54 Å². The number of halogens is 1. The van der Waals surface area contributed by atoms with Gasteiger partial charge in [0.25, 0.3) is 0 Å². The van der Waals surface area contributed by atoms with Gasteiger partial charge >= 0.3 is 0 Å². The van der Waals surface area contributed by atoms with E-state index in [1.54, 1.807) is 44.2 Å². The highest BCUT2D eigenvalue weighted by Gasteiger charge is 2.43. The maximum absolute atomic E-state index is 12.9. The van der Waals surface area contributed by atoms with Crippen LogP contribution in [0.15, 0.2) is 48.5 Å². The Hall–Kier alpha value is -2.89. The molecule has 0 bridgehead atoms. The highest BCUT2D eigenvalue weighted by molar-refractivity contribution is 6.14. The molecule has 2 aromatic rings. The van der Waals surface area contributed by atoms with Gasteiger partial charge in [0, 0.05) is 5.69 Å². The van der Waals surface area contributed by atoms with Crippen molar-refractivity contribution in [2.24, 2.45) is 0 Å². The van der Waals surface area contributed by atoms with Crippen LogP contribution in [0.3, 0.4) is 0 Å². The Morgan fingerprint density at radius 1 is 1.17 bits per heavy atom. The van der Waals surface area contributed by atoms with Crippen LogP contribution in [-0.2, 0) is 9.59 Å². The summed E-state index contributed by atoms with van der Waals surface area (Å²) in [5.41, 5.74) is 0.901. The maximum Gasteiger partial charge on any atom is 0.250 e. The average molecular weight is 327 g/mol. The molecule has 5 nitrogen and oxygen atoms in total. The van der Waals surface area contributed by atoms with Crippen LogP contribution in [0.5, 0.6) is 0 Å². The van der Waals surface area contributed by atoms with Crippen LogP contribution < -0.4 is 15.5 Å². The van der Waals surface area contributed by atoms with Crippen LogP contribution in [0.2, 0.25) is 0 Å². The molecule has 1 aliphatic rings. The van der Waals surface area contributed by atoms with Crippen LogP contribution >= 0.6 is 0 Å². The summed E-state index contributed by atoms with van der Waals surface area (Å²) >= 11 is 0. The molecule has 0 radical (unpaired) electrons. The van der Waals surface area contributed by atoms with E-state index in [1.807, 2.05) is 6.07 Å². The minimum atomic E-state index is -1.00. The average Bonchev–Trinajstić information content (AvgIpc) is 2.55. The van der Waals surface area contributed by atoms with E-state index >= 15 is 0 Å². The zero-order valence-corrected chi connectivity index (χ0v) is 13.5. The van der Waals surface area contributed by atoms with Gasteiger partial charge in [-0.25, -0.2) is 4.39 Å². The molecule has 0 unspecified atom stereocenters. The first-order valence-electron chi connectivity index (χ1n) is 7.62. The third-order valence-electron chi connectivity index (χ3n) is 4.05. The summed E-state index contributed by atoms with van der Waals surface area (Å²) in [6, 6.07) is 12.9. The van der Waals surface area contributed by atoms with Gasteiger partial charge in [-0.1, -0.05) is 12.1 Å².